The Morgan fingerprint density at radius 3 is 2.62 bits per heavy atom. The third kappa shape index (κ3) is 3.15. The highest BCUT2D eigenvalue weighted by molar-refractivity contribution is 5.69. The van der Waals surface area contributed by atoms with Crippen LogP contribution in [0, 0.1) is 5.41 Å². The summed E-state index contributed by atoms with van der Waals surface area (Å²) < 4.78 is 0. The minimum absolute atomic E-state index is 0.613. The summed E-state index contributed by atoms with van der Waals surface area (Å²) in [5.74, 6) is 0. The molecule has 0 radical (unpaired) electrons. The van der Waals surface area contributed by atoms with Gasteiger partial charge in [-0.15, -0.1) is 0 Å². The Morgan fingerprint density at radius 1 is 1.62 bits per heavy atom. The van der Waals surface area contributed by atoms with Crippen LogP contribution in [0.2, 0.25) is 0 Å². The molecule has 0 aromatic rings. The first-order valence-corrected chi connectivity index (χ1v) is 2.40. The molecule has 8 heavy (non-hydrogen) atoms. The molecule has 0 bridgehead atoms. The third-order valence-electron chi connectivity index (χ3n) is 0.635. The van der Waals surface area contributed by atoms with Crippen molar-refractivity contribution in [2.24, 2.45) is 5.73 Å². The largest absolute Gasteiger partial charge is 0.399 e. The lowest BCUT2D eigenvalue weighted by atomic mass is 10.4. The predicted molar refractivity (Wildman–Crippen MR) is 35.9 cm³/mol. The van der Waals surface area contributed by atoms with E-state index in [1.165, 1.54) is 6.08 Å². The van der Waals surface area contributed by atoms with E-state index in [2.05, 4.69) is 0 Å². The van der Waals surface area contributed by atoms with Crippen LogP contribution in [-0.2, 0) is 0 Å². The van der Waals surface area contributed by atoms with Crippen LogP contribution < -0.4 is 5.73 Å². The van der Waals surface area contributed by atoms with Crippen molar-refractivity contribution >= 4 is 6.21 Å². The molecular formula is C6H10N2. The van der Waals surface area contributed by atoms with Crippen molar-refractivity contribution in [1.29, 1.82) is 5.41 Å². The highest BCUT2D eigenvalue weighted by atomic mass is 14.6. The van der Waals surface area contributed by atoms with Crippen molar-refractivity contribution in [3.8, 4) is 0 Å². The van der Waals surface area contributed by atoms with E-state index in [1.54, 1.807) is 6.08 Å². The summed E-state index contributed by atoms with van der Waals surface area (Å²) in [6.45, 7) is 1.88. The third-order valence-corrected chi connectivity index (χ3v) is 0.635. The van der Waals surface area contributed by atoms with Gasteiger partial charge in [0, 0.05) is 11.9 Å². The molecule has 0 unspecified atom stereocenters. The van der Waals surface area contributed by atoms with E-state index in [0.717, 1.165) is 6.21 Å². The van der Waals surface area contributed by atoms with Crippen molar-refractivity contribution < 1.29 is 0 Å². The van der Waals surface area contributed by atoms with Gasteiger partial charge in [-0.1, -0.05) is 6.08 Å². The van der Waals surface area contributed by atoms with Gasteiger partial charge in [-0.05, 0) is 19.1 Å². The molecule has 0 fully saturated rings. The van der Waals surface area contributed by atoms with Gasteiger partial charge < -0.3 is 11.1 Å². The zero-order valence-electron chi connectivity index (χ0n) is 4.89. The van der Waals surface area contributed by atoms with Crippen LogP contribution in [-0.4, -0.2) is 6.21 Å². The zero-order chi connectivity index (χ0) is 6.41. The van der Waals surface area contributed by atoms with Crippen LogP contribution in [0.25, 0.3) is 0 Å². The van der Waals surface area contributed by atoms with Gasteiger partial charge in [-0.25, -0.2) is 0 Å². The summed E-state index contributed by atoms with van der Waals surface area (Å²) in [4.78, 5) is 0. The Labute approximate surface area is 49.2 Å². The normalized spacial score (nSPS) is 12.4. The number of allylic oxidation sites excluding steroid dienone is 3. The van der Waals surface area contributed by atoms with Crippen molar-refractivity contribution in [3.63, 3.8) is 0 Å². The second-order valence-corrected chi connectivity index (χ2v) is 1.33. The number of nitrogens with two attached hydrogens (primary N) is 1. The Kier molecular flexibility index (Phi) is 3.58. The second kappa shape index (κ2) is 4.12. The minimum atomic E-state index is 0.613. The fraction of sp³-hybridized carbons (Fsp3) is 0.167. The van der Waals surface area contributed by atoms with Gasteiger partial charge in [0.2, 0.25) is 0 Å². The molecule has 2 heteroatoms. The van der Waals surface area contributed by atoms with Crippen LogP contribution in [0.15, 0.2) is 23.9 Å². The van der Waals surface area contributed by atoms with Gasteiger partial charge in [0.15, 0.2) is 0 Å². The molecule has 0 aromatic carbocycles. The monoisotopic (exact) mass is 110 g/mol. The maximum Gasteiger partial charge on any atom is 0.0325 e. The number of hydrogen-bond donors (Lipinski definition) is 2. The average molecular weight is 110 g/mol. The Morgan fingerprint density at radius 2 is 2.25 bits per heavy atom. The molecule has 0 aromatic heterocycles. The highest BCUT2D eigenvalue weighted by Crippen LogP contribution is 1.81. The Bertz CT molecular complexity index is 122. The van der Waals surface area contributed by atoms with Gasteiger partial charge in [-0.3, -0.25) is 0 Å². The zero-order valence-corrected chi connectivity index (χ0v) is 4.89. The maximum atomic E-state index is 6.60. The van der Waals surface area contributed by atoms with Crippen molar-refractivity contribution in [2.45, 2.75) is 6.92 Å². The first-order valence-electron chi connectivity index (χ1n) is 2.40. The summed E-state index contributed by atoms with van der Waals surface area (Å²) in [6.07, 6.45) is 6.26. The lowest BCUT2D eigenvalue weighted by molar-refractivity contribution is 1.42. The van der Waals surface area contributed by atoms with E-state index in [1.807, 2.05) is 13.0 Å². The summed E-state index contributed by atoms with van der Waals surface area (Å²) in [6, 6.07) is 0. The number of nitrogens with one attached hydrogen (secondary N) is 1. The fourth-order valence-corrected chi connectivity index (χ4v) is 0.344. The molecule has 0 rings (SSSR count). The minimum Gasteiger partial charge on any atom is -0.399 e. The molecular weight excluding hydrogens is 100 g/mol. The smallest absolute Gasteiger partial charge is 0.0325 e. The standard InChI is InChI=1S/C6H10N2/c1-2-3-6(8)4-5-7/h2-5,7H,8H2,1H3/b3-2-,6-4+,7-5?. The van der Waals surface area contributed by atoms with Crippen molar-refractivity contribution in [3.05, 3.63) is 23.9 Å². The van der Waals surface area contributed by atoms with E-state index in [9.17, 15) is 0 Å². The van der Waals surface area contributed by atoms with Crippen LogP contribution in [0.1, 0.15) is 6.92 Å². The van der Waals surface area contributed by atoms with Crippen molar-refractivity contribution in [2.75, 3.05) is 0 Å². The molecule has 0 amide bonds. The van der Waals surface area contributed by atoms with Crippen LogP contribution >= 0.6 is 0 Å². The lowest BCUT2D eigenvalue weighted by Gasteiger charge is -1.83. The highest BCUT2D eigenvalue weighted by Gasteiger charge is 1.72. The molecule has 0 atom stereocenters. The first kappa shape index (κ1) is 6.95. The quantitative estimate of drug-likeness (QED) is 0.405. The molecule has 3 N–H and O–H groups in total. The van der Waals surface area contributed by atoms with E-state index >= 15 is 0 Å². The number of hydrogen-bond acceptors (Lipinski definition) is 2. The molecule has 2 nitrogen and oxygen atoms in total. The molecule has 0 saturated carbocycles. The molecule has 0 spiro atoms. The molecule has 0 aliphatic carbocycles. The molecule has 0 saturated heterocycles. The van der Waals surface area contributed by atoms with Gasteiger partial charge in [-0.2, -0.15) is 0 Å². The van der Waals surface area contributed by atoms with Crippen molar-refractivity contribution in [1.82, 2.24) is 0 Å². The van der Waals surface area contributed by atoms with Gasteiger partial charge in [0.1, 0.15) is 0 Å². The van der Waals surface area contributed by atoms with Gasteiger partial charge in [0.25, 0.3) is 0 Å². The van der Waals surface area contributed by atoms with E-state index in [4.69, 9.17) is 11.1 Å². The summed E-state index contributed by atoms with van der Waals surface area (Å²) >= 11 is 0. The van der Waals surface area contributed by atoms with E-state index in [-0.39, 0.29) is 0 Å². The molecule has 44 valence electrons. The first-order chi connectivity index (χ1) is 3.81. The number of rotatable bonds is 2. The summed E-state index contributed by atoms with van der Waals surface area (Å²) in [5, 5.41) is 6.60. The topological polar surface area (TPSA) is 49.9 Å². The summed E-state index contributed by atoms with van der Waals surface area (Å²) in [7, 11) is 0. The maximum absolute atomic E-state index is 6.60. The average Bonchev–Trinajstić information content (AvgIpc) is 1.68. The van der Waals surface area contributed by atoms with Gasteiger partial charge in [0.05, 0.1) is 0 Å². The van der Waals surface area contributed by atoms with Crippen LogP contribution in [0.4, 0.5) is 0 Å². The lowest BCUT2D eigenvalue weighted by Crippen LogP contribution is -1.91. The van der Waals surface area contributed by atoms with Crippen LogP contribution in [0.3, 0.4) is 0 Å². The Hall–Kier alpha value is -1.05. The fourth-order valence-electron chi connectivity index (χ4n) is 0.344. The predicted octanol–water partition coefficient (Wildman–Crippen LogP) is 1.05. The molecule has 0 aliphatic rings. The SMILES string of the molecule is C/C=C\C(N)=C/C=N. The molecule has 0 heterocycles. The summed E-state index contributed by atoms with van der Waals surface area (Å²) in [5.41, 5.74) is 5.93. The second-order valence-electron chi connectivity index (χ2n) is 1.33. The van der Waals surface area contributed by atoms with E-state index < -0.39 is 0 Å². The van der Waals surface area contributed by atoms with E-state index in [0.29, 0.717) is 5.70 Å². The Balaban J connectivity index is 3.79. The van der Waals surface area contributed by atoms with Crippen LogP contribution in [0.5, 0.6) is 0 Å². The van der Waals surface area contributed by atoms with Gasteiger partial charge >= 0.3 is 0 Å². The molecule has 0 aliphatic heterocycles.